The van der Waals surface area contributed by atoms with E-state index in [2.05, 4.69) is 5.32 Å². The van der Waals surface area contributed by atoms with Gasteiger partial charge in [-0.1, -0.05) is 0 Å². The summed E-state index contributed by atoms with van der Waals surface area (Å²) in [7, 11) is 0. The first kappa shape index (κ1) is 17.9. The highest BCUT2D eigenvalue weighted by atomic mass is 19.1. The zero-order valence-corrected chi connectivity index (χ0v) is 13.4. The molecule has 1 amide bonds. The van der Waals surface area contributed by atoms with Gasteiger partial charge < -0.3 is 14.8 Å². The van der Waals surface area contributed by atoms with E-state index in [1.54, 1.807) is 24.3 Å². The Morgan fingerprint density at radius 2 is 1.80 bits per heavy atom. The molecule has 25 heavy (non-hydrogen) atoms. The zero-order chi connectivity index (χ0) is 18.2. The van der Waals surface area contributed by atoms with Crippen molar-refractivity contribution in [1.82, 2.24) is 0 Å². The largest absolute Gasteiger partial charge is 0.482 e. The van der Waals surface area contributed by atoms with Crippen LogP contribution in [0.1, 0.15) is 12.5 Å². The van der Waals surface area contributed by atoms with E-state index in [0.29, 0.717) is 17.0 Å². The lowest BCUT2D eigenvalue weighted by molar-refractivity contribution is -0.155. The van der Waals surface area contributed by atoms with Crippen molar-refractivity contribution in [2.75, 3.05) is 11.9 Å². The molecule has 0 radical (unpaired) electrons. The van der Waals surface area contributed by atoms with Crippen LogP contribution in [0.3, 0.4) is 0 Å². The fourth-order valence-corrected chi connectivity index (χ4v) is 1.83. The predicted molar refractivity (Wildman–Crippen MR) is 87.2 cm³/mol. The molecule has 6 nitrogen and oxygen atoms in total. The van der Waals surface area contributed by atoms with Gasteiger partial charge in [0.25, 0.3) is 5.91 Å². The van der Waals surface area contributed by atoms with E-state index in [9.17, 15) is 14.0 Å². The lowest BCUT2D eigenvalue weighted by atomic mass is 10.2. The number of nitrogens with zero attached hydrogens (tertiary/aromatic N) is 1. The Balaban J connectivity index is 1.80. The molecule has 0 heterocycles. The normalized spacial score (nSPS) is 11.1. The molecule has 0 aliphatic carbocycles. The maximum atomic E-state index is 12.8. The Kier molecular flexibility index (Phi) is 6.07. The van der Waals surface area contributed by atoms with Crippen molar-refractivity contribution in [3.05, 3.63) is 59.9 Å². The SMILES string of the molecule is C[C@H](OC(=O)COc1ccc(F)cc1)C(=O)Nc1ccc(C#N)cc1. The Morgan fingerprint density at radius 1 is 1.16 bits per heavy atom. The molecule has 7 heteroatoms. The van der Waals surface area contributed by atoms with Gasteiger partial charge in [0, 0.05) is 5.69 Å². The molecule has 2 aromatic carbocycles. The van der Waals surface area contributed by atoms with Gasteiger partial charge in [0.2, 0.25) is 0 Å². The molecule has 0 unspecified atom stereocenters. The number of anilines is 1. The second-order valence-electron chi connectivity index (χ2n) is 5.05. The minimum Gasteiger partial charge on any atom is -0.482 e. The topological polar surface area (TPSA) is 88.4 Å². The van der Waals surface area contributed by atoms with Gasteiger partial charge in [-0.2, -0.15) is 5.26 Å². The number of benzene rings is 2. The first-order chi connectivity index (χ1) is 12.0. The molecular formula is C18H15FN2O4. The van der Waals surface area contributed by atoms with Crippen LogP contribution in [0, 0.1) is 17.1 Å². The standard InChI is InChI=1S/C18H15FN2O4/c1-12(18(23)21-15-6-2-13(10-20)3-7-15)25-17(22)11-24-16-8-4-14(19)5-9-16/h2-9,12H,11H2,1H3,(H,21,23)/t12-/m0/s1. The summed E-state index contributed by atoms with van der Waals surface area (Å²) < 4.78 is 22.9. The van der Waals surface area contributed by atoms with Gasteiger partial charge in [-0.15, -0.1) is 0 Å². The van der Waals surface area contributed by atoms with Crippen molar-refractivity contribution in [1.29, 1.82) is 5.26 Å². The van der Waals surface area contributed by atoms with Gasteiger partial charge in [0.15, 0.2) is 12.7 Å². The fourth-order valence-electron chi connectivity index (χ4n) is 1.83. The van der Waals surface area contributed by atoms with Crippen LogP contribution in [0.15, 0.2) is 48.5 Å². The average molecular weight is 342 g/mol. The molecule has 0 fully saturated rings. The van der Waals surface area contributed by atoms with Crippen molar-refractivity contribution >= 4 is 17.6 Å². The van der Waals surface area contributed by atoms with Crippen LogP contribution in [-0.2, 0) is 14.3 Å². The van der Waals surface area contributed by atoms with Crippen molar-refractivity contribution in [3.63, 3.8) is 0 Å². The Labute approximate surface area is 143 Å². The number of nitrogens with one attached hydrogen (secondary N) is 1. The molecule has 0 saturated heterocycles. The van der Waals surface area contributed by atoms with Gasteiger partial charge in [0.1, 0.15) is 11.6 Å². The smallest absolute Gasteiger partial charge is 0.344 e. The third-order valence-corrected chi connectivity index (χ3v) is 3.13. The van der Waals surface area contributed by atoms with E-state index in [-0.39, 0.29) is 0 Å². The van der Waals surface area contributed by atoms with Gasteiger partial charge in [0.05, 0.1) is 11.6 Å². The van der Waals surface area contributed by atoms with Crippen LogP contribution in [-0.4, -0.2) is 24.6 Å². The van der Waals surface area contributed by atoms with E-state index in [1.807, 2.05) is 6.07 Å². The lowest BCUT2D eigenvalue weighted by Crippen LogP contribution is -2.31. The van der Waals surface area contributed by atoms with Crippen LogP contribution in [0.4, 0.5) is 10.1 Å². The summed E-state index contributed by atoms with van der Waals surface area (Å²) in [5.41, 5.74) is 0.949. The highest BCUT2D eigenvalue weighted by molar-refractivity contribution is 5.95. The zero-order valence-electron chi connectivity index (χ0n) is 13.4. The monoisotopic (exact) mass is 342 g/mol. The maximum absolute atomic E-state index is 12.8. The van der Waals surface area contributed by atoms with Gasteiger partial charge >= 0.3 is 5.97 Å². The van der Waals surface area contributed by atoms with Crippen LogP contribution in [0.25, 0.3) is 0 Å². The molecule has 0 spiro atoms. The highest BCUT2D eigenvalue weighted by Gasteiger charge is 2.18. The molecule has 1 atom stereocenters. The summed E-state index contributed by atoms with van der Waals surface area (Å²) in [5, 5.41) is 11.3. The Hall–Kier alpha value is -3.40. The second kappa shape index (κ2) is 8.45. The van der Waals surface area contributed by atoms with Crippen molar-refractivity contribution in [2.45, 2.75) is 13.0 Å². The summed E-state index contributed by atoms with van der Waals surface area (Å²) in [4.78, 5) is 23.7. The minimum absolute atomic E-state index is 0.313. The fraction of sp³-hybridized carbons (Fsp3) is 0.167. The number of hydrogen-bond acceptors (Lipinski definition) is 5. The molecule has 1 N–H and O–H groups in total. The predicted octanol–water partition coefficient (Wildman–Crippen LogP) is 2.65. The molecular weight excluding hydrogens is 327 g/mol. The lowest BCUT2D eigenvalue weighted by Gasteiger charge is -2.14. The molecule has 0 aliphatic heterocycles. The number of ether oxygens (including phenoxy) is 2. The highest BCUT2D eigenvalue weighted by Crippen LogP contribution is 2.12. The van der Waals surface area contributed by atoms with Gasteiger partial charge in [-0.25, -0.2) is 9.18 Å². The molecule has 2 aromatic rings. The van der Waals surface area contributed by atoms with E-state index in [0.717, 1.165) is 0 Å². The number of amides is 1. The molecule has 0 saturated carbocycles. The number of halogens is 1. The third kappa shape index (κ3) is 5.62. The Morgan fingerprint density at radius 3 is 2.40 bits per heavy atom. The summed E-state index contributed by atoms with van der Waals surface area (Å²) in [6.45, 7) is 1.02. The summed E-state index contributed by atoms with van der Waals surface area (Å²) in [6, 6.07) is 13.4. The number of rotatable bonds is 6. The Bertz CT molecular complexity index is 782. The van der Waals surface area contributed by atoms with Crippen molar-refractivity contribution in [2.24, 2.45) is 0 Å². The van der Waals surface area contributed by atoms with E-state index in [1.165, 1.54) is 31.2 Å². The number of esters is 1. The van der Waals surface area contributed by atoms with Crippen molar-refractivity contribution in [3.8, 4) is 11.8 Å². The van der Waals surface area contributed by atoms with Crippen LogP contribution >= 0.6 is 0 Å². The van der Waals surface area contributed by atoms with Crippen molar-refractivity contribution < 1.29 is 23.5 Å². The first-order valence-corrected chi connectivity index (χ1v) is 7.37. The number of carbonyl (C=O) groups is 2. The quantitative estimate of drug-likeness (QED) is 0.815. The molecule has 0 aliphatic rings. The van der Waals surface area contributed by atoms with Crippen LogP contribution in [0.2, 0.25) is 0 Å². The minimum atomic E-state index is -1.03. The average Bonchev–Trinajstić information content (AvgIpc) is 2.61. The number of carbonyl (C=O) groups excluding carboxylic acids is 2. The summed E-state index contributed by atoms with van der Waals surface area (Å²) in [6.07, 6.45) is -1.03. The molecule has 128 valence electrons. The van der Waals surface area contributed by atoms with E-state index < -0.39 is 30.4 Å². The molecule has 0 bridgehead atoms. The number of nitriles is 1. The van der Waals surface area contributed by atoms with Gasteiger partial charge in [-0.05, 0) is 55.5 Å². The first-order valence-electron chi connectivity index (χ1n) is 7.37. The molecule has 0 aromatic heterocycles. The molecule has 2 rings (SSSR count). The third-order valence-electron chi connectivity index (χ3n) is 3.13. The maximum Gasteiger partial charge on any atom is 0.344 e. The van der Waals surface area contributed by atoms with Crippen LogP contribution in [0.5, 0.6) is 5.75 Å². The summed E-state index contributed by atoms with van der Waals surface area (Å²) >= 11 is 0. The number of hydrogen-bond donors (Lipinski definition) is 1. The summed E-state index contributed by atoms with van der Waals surface area (Å²) in [5.74, 6) is -1.34. The van der Waals surface area contributed by atoms with Crippen LogP contribution < -0.4 is 10.1 Å². The van der Waals surface area contributed by atoms with E-state index in [4.69, 9.17) is 14.7 Å². The van der Waals surface area contributed by atoms with E-state index >= 15 is 0 Å². The van der Waals surface area contributed by atoms with Gasteiger partial charge in [-0.3, -0.25) is 4.79 Å². The second-order valence-corrected chi connectivity index (χ2v) is 5.05.